The van der Waals surface area contributed by atoms with E-state index in [1.807, 2.05) is 13.0 Å². The van der Waals surface area contributed by atoms with Crippen LogP contribution in [0, 0.1) is 0 Å². The number of hydrogen-bond acceptors (Lipinski definition) is 3. The molecule has 2 aromatic rings. The maximum atomic E-state index is 11.8. The topological polar surface area (TPSA) is 31.2 Å². The SMILES string of the molecule is CCCCc1c(Sc2ccccc2)ccn1C(C)CC(=O)OCC. The first-order valence-electron chi connectivity index (χ1n) is 8.73. The van der Waals surface area contributed by atoms with Gasteiger partial charge in [-0.25, -0.2) is 0 Å². The van der Waals surface area contributed by atoms with E-state index in [0.717, 1.165) is 19.3 Å². The van der Waals surface area contributed by atoms with Crippen molar-refractivity contribution < 1.29 is 9.53 Å². The zero-order valence-corrected chi connectivity index (χ0v) is 15.6. The van der Waals surface area contributed by atoms with Crippen molar-refractivity contribution in [2.24, 2.45) is 0 Å². The maximum absolute atomic E-state index is 11.8. The van der Waals surface area contributed by atoms with Gasteiger partial charge in [-0.15, -0.1) is 0 Å². The van der Waals surface area contributed by atoms with Crippen LogP contribution in [0.3, 0.4) is 0 Å². The van der Waals surface area contributed by atoms with Crippen LogP contribution in [0.4, 0.5) is 0 Å². The molecule has 1 aromatic carbocycles. The summed E-state index contributed by atoms with van der Waals surface area (Å²) in [6.45, 7) is 6.58. The van der Waals surface area contributed by atoms with Crippen molar-refractivity contribution in [1.29, 1.82) is 0 Å². The van der Waals surface area contributed by atoms with Gasteiger partial charge < -0.3 is 9.30 Å². The van der Waals surface area contributed by atoms with Crippen LogP contribution in [0.2, 0.25) is 0 Å². The van der Waals surface area contributed by atoms with E-state index in [4.69, 9.17) is 4.74 Å². The maximum Gasteiger partial charge on any atom is 0.307 e. The summed E-state index contributed by atoms with van der Waals surface area (Å²) >= 11 is 1.80. The summed E-state index contributed by atoms with van der Waals surface area (Å²) in [6.07, 6.45) is 5.87. The number of nitrogens with zero attached hydrogens (tertiary/aromatic N) is 1. The van der Waals surface area contributed by atoms with E-state index in [9.17, 15) is 4.79 Å². The highest BCUT2D eigenvalue weighted by Gasteiger charge is 2.17. The van der Waals surface area contributed by atoms with E-state index < -0.39 is 0 Å². The number of benzene rings is 1. The lowest BCUT2D eigenvalue weighted by Gasteiger charge is -2.18. The number of ether oxygens (including phenoxy) is 1. The predicted molar refractivity (Wildman–Crippen MR) is 99.6 cm³/mol. The molecule has 0 aliphatic heterocycles. The standard InChI is InChI=1S/C20H27NO2S/c1-4-6-12-18-19(24-17-10-8-7-9-11-17)13-14-21(18)16(3)15-20(22)23-5-2/h7-11,13-14,16H,4-6,12,15H2,1-3H3. The average molecular weight is 346 g/mol. The fraction of sp³-hybridized carbons (Fsp3) is 0.450. The number of rotatable bonds is 9. The number of esters is 1. The highest BCUT2D eigenvalue weighted by atomic mass is 32.2. The van der Waals surface area contributed by atoms with Crippen LogP contribution < -0.4 is 0 Å². The molecule has 1 unspecified atom stereocenters. The van der Waals surface area contributed by atoms with Gasteiger partial charge in [-0.05, 0) is 44.9 Å². The first kappa shape index (κ1) is 18.7. The van der Waals surface area contributed by atoms with E-state index in [0.29, 0.717) is 13.0 Å². The van der Waals surface area contributed by atoms with Crippen molar-refractivity contribution in [3.05, 3.63) is 48.3 Å². The second kappa shape index (κ2) is 9.58. The summed E-state index contributed by atoms with van der Waals surface area (Å²) in [5.41, 5.74) is 1.32. The van der Waals surface area contributed by atoms with Crippen molar-refractivity contribution >= 4 is 17.7 Å². The Balaban J connectivity index is 2.19. The third kappa shape index (κ3) is 5.17. The van der Waals surface area contributed by atoms with E-state index >= 15 is 0 Å². The molecule has 1 heterocycles. The van der Waals surface area contributed by atoms with E-state index in [2.05, 4.69) is 54.9 Å². The molecule has 0 saturated carbocycles. The molecule has 0 radical (unpaired) electrons. The van der Waals surface area contributed by atoms with Crippen molar-refractivity contribution in [2.75, 3.05) is 6.61 Å². The van der Waals surface area contributed by atoms with Crippen LogP contribution >= 0.6 is 11.8 Å². The molecule has 24 heavy (non-hydrogen) atoms. The van der Waals surface area contributed by atoms with Gasteiger partial charge in [0.1, 0.15) is 0 Å². The summed E-state index contributed by atoms with van der Waals surface area (Å²) in [4.78, 5) is 14.3. The highest BCUT2D eigenvalue weighted by Crippen LogP contribution is 2.33. The molecule has 1 aromatic heterocycles. The minimum Gasteiger partial charge on any atom is -0.466 e. The predicted octanol–water partition coefficient (Wildman–Crippen LogP) is 5.50. The summed E-state index contributed by atoms with van der Waals surface area (Å²) < 4.78 is 7.35. The van der Waals surface area contributed by atoms with Crippen molar-refractivity contribution in [1.82, 2.24) is 4.57 Å². The number of hydrogen-bond donors (Lipinski definition) is 0. The third-order valence-electron chi connectivity index (χ3n) is 3.96. The third-order valence-corrected chi connectivity index (χ3v) is 5.06. The lowest BCUT2D eigenvalue weighted by atomic mass is 10.1. The Morgan fingerprint density at radius 3 is 2.62 bits per heavy atom. The first-order chi connectivity index (χ1) is 11.7. The average Bonchev–Trinajstić information content (AvgIpc) is 2.96. The van der Waals surface area contributed by atoms with E-state index in [-0.39, 0.29) is 12.0 Å². The normalized spacial score (nSPS) is 12.1. The Labute approximate surface area is 149 Å². The molecule has 0 bridgehead atoms. The van der Waals surface area contributed by atoms with Crippen LogP contribution in [0.5, 0.6) is 0 Å². The quantitative estimate of drug-likeness (QED) is 0.563. The van der Waals surface area contributed by atoms with E-state index in [1.54, 1.807) is 11.8 Å². The van der Waals surface area contributed by atoms with Crippen LogP contribution in [0.25, 0.3) is 0 Å². The fourth-order valence-corrected chi connectivity index (χ4v) is 3.74. The largest absolute Gasteiger partial charge is 0.466 e. The van der Waals surface area contributed by atoms with Crippen molar-refractivity contribution in [3.63, 3.8) is 0 Å². The molecule has 0 amide bonds. The molecule has 0 aliphatic rings. The molecule has 4 heteroatoms. The van der Waals surface area contributed by atoms with Gasteiger partial charge in [-0.3, -0.25) is 4.79 Å². The minimum atomic E-state index is -0.127. The van der Waals surface area contributed by atoms with Crippen molar-refractivity contribution in [3.8, 4) is 0 Å². The van der Waals surface area contributed by atoms with Gasteiger partial charge in [0.15, 0.2) is 0 Å². The molecular formula is C20H27NO2S. The zero-order chi connectivity index (χ0) is 17.4. The Hall–Kier alpha value is -1.68. The number of carbonyl (C=O) groups is 1. The van der Waals surface area contributed by atoms with Crippen molar-refractivity contribution in [2.45, 2.75) is 62.3 Å². The highest BCUT2D eigenvalue weighted by molar-refractivity contribution is 7.99. The Kier molecular flexibility index (Phi) is 7.44. The molecule has 0 aliphatic carbocycles. The van der Waals surface area contributed by atoms with Gasteiger partial charge in [0.05, 0.1) is 13.0 Å². The van der Waals surface area contributed by atoms with Gasteiger partial charge in [0.2, 0.25) is 0 Å². The van der Waals surface area contributed by atoms with Gasteiger partial charge in [-0.2, -0.15) is 0 Å². The molecule has 0 spiro atoms. The van der Waals surface area contributed by atoms with Gasteiger partial charge in [-0.1, -0.05) is 43.3 Å². The molecule has 0 fully saturated rings. The van der Waals surface area contributed by atoms with Gasteiger partial charge in [0.25, 0.3) is 0 Å². The molecule has 0 N–H and O–H groups in total. The lowest BCUT2D eigenvalue weighted by Crippen LogP contribution is -2.15. The second-order valence-corrected chi connectivity index (χ2v) is 7.03. The summed E-state index contributed by atoms with van der Waals surface area (Å²) in [6, 6.07) is 12.7. The molecule has 1 atom stereocenters. The first-order valence-corrected chi connectivity index (χ1v) is 9.55. The summed E-state index contributed by atoms with van der Waals surface area (Å²) in [5, 5.41) is 0. The van der Waals surface area contributed by atoms with Crippen LogP contribution in [-0.4, -0.2) is 17.1 Å². The van der Waals surface area contributed by atoms with Gasteiger partial charge in [0, 0.05) is 27.7 Å². The lowest BCUT2D eigenvalue weighted by molar-refractivity contribution is -0.143. The van der Waals surface area contributed by atoms with E-state index in [1.165, 1.54) is 15.5 Å². The molecule has 2 rings (SSSR count). The zero-order valence-electron chi connectivity index (χ0n) is 14.8. The number of unbranched alkanes of at least 4 members (excludes halogenated alkanes) is 1. The Morgan fingerprint density at radius 1 is 1.21 bits per heavy atom. The summed E-state index contributed by atoms with van der Waals surface area (Å²) in [5.74, 6) is -0.127. The second-order valence-electron chi connectivity index (χ2n) is 5.91. The van der Waals surface area contributed by atoms with Gasteiger partial charge >= 0.3 is 5.97 Å². The molecule has 0 saturated heterocycles. The smallest absolute Gasteiger partial charge is 0.307 e. The van der Waals surface area contributed by atoms with Crippen LogP contribution in [-0.2, 0) is 16.0 Å². The Bertz CT molecular complexity index is 636. The Morgan fingerprint density at radius 2 is 1.96 bits per heavy atom. The van der Waals surface area contributed by atoms with Crippen LogP contribution in [0.1, 0.15) is 51.8 Å². The fourth-order valence-electron chi connectivity index (χ4n) is 2.74. The monoisotopic (exact) mass is 345 g/mol. The minimum absolute atomic E-state index is 0.112. The van der Waals surface area contributed by atoms with Crippen LogP contribution in [0.15, 0.2) is 52.4 Å². The molecule has 3 nitrogen and oxygen atoms in total. The number of aromatic nitrogens is 1. The summed E-state index contributed by atoms with van der Waals surface area (Å²) in [7, 11) is 0. The molecule has 130 valence electrons. The number of carbonyl (C=O) groups excluding carboxylic acids is 1. The molecular weight excluding hydrogens is 318 g/mol.